The lowest BCUT2D eigenvalue weighted by molar-refractivity contribution is -0.137. The summed E-state index contributed by atoms with van der Waals surface area (Å²) in [6, 6.07) is 12.0. The van der Waals surface area contributed by atoms with E-state index in [0.29, 0.717) is 0 Å². The fraction of sp³-hybridized carbons (Fsp3) is 0.100. The van der Waals surface area contributed by atoms with Crippen LogP contribution < -0.4 is 15.6 Å². The summed E-state index contributed by atoms with van der Waals surface area (Å²) in [7, 11) is 0. The van der Waals surface area contributed by atoms with E-state index in [1.165, 1.54) is 36.4 Å². The van der Waals surface area contributed by atoms with Crippen molar-refractivity contribution >= 4 is 11.8 Å². The molecule has 0 saturated carbocycles. The van der Waals surface area contributed by atoms with Gasteiger partial charge in [0.25, 0.3) is 5.91 Å². The number of hydrazine groups is 1. The lowest BCUT2D eigenvalue weighted by atomic mass is 10.1. The predicted octanol–water partition coefficient (Wildman–Crippen LogP) is 3.94. The van der Waals surface area contributed by atoms with Gasteiger partial charge in [-0.1, -0.05) is 12.1 Å². The quantitative estimate of drug-likeness (QED) is 0.482. The van der Waals surface area contributed by atoms with Crippen molar-refractivity contribution in [2.45, 2.75) is 6.18 Å². The van der Waals surface area contributed by atoms with Crippen LogP contribution in [-0.2, 0) is 11.0 Å². The molecule has 6 nitrogen and oxygen atoms in total. The van der Waals surface area contributed by atoms with E-state index in [1.807, 2.05) is 0 Å². The van der Waals surface area contributed by atoms with Gasteiger partial charge >= 0.3 is 12.1 Å². The number of alkyl halides is 3. The fourth-order valence-corrected chi connectivity index (χ4v) is 2.37. The second kappa shape index (κ2) is 8.68. The van der Waals surface area contributed by atoms with Crippen LogP contribution in [0.25, 0.3) is 11.3 Å². The first-order valence-electron chi connectivity index (χ1n) is 8.47. The molecule has 0 bridgehead atoms. The van der Waals surface area contributed by atoms with E-state index < -0.39 is 36.0 Å². The van der Waals surface area contributed by atoms with Crippen molar-refractivity contribution in [3.63, 3.8) is 0 Å². The van der Waals surface area contributed by atoms with Crippen LogP contribution in [0.5, 0.6) is 5.75 Å². The van der Waals surface area contributed by atoms with Crippen molar-refractivity contribution in [2.75, 3.05) is 6.61 Å². The number of carbonyl (C=O) groups excluding carboxylic acids is 2. The number of ether oxygens (including phenoxy) is 1. The summed E-state index contributed by atoms with van der Waals surface area (Å²) in [4.78, 5) is 23.8. The summed E-state index contributed by atoms with van der Waals surface area (Å²) < 4.78 is 61.6. The zero-order valence-electron chi connectivity index (χ0n) is 15.1. The molecule has 10 heteroatoms. The van der Waals surface area contributed by atoms with Crippen molar-refractivity contribution in [2.24, 2.45) is 0 Å². The number of hydrogen-bond acceptors (Lipinski definition) is 4. The number of amides is 2. The van der Waals surface area contributed by atoms with Crippen molar-refractivity contribution in [1.29, 1.82) is 0 Å². The van der Waals surface area contributed by atoms with E-state index in [9.17, 15) is 27.2 Å². The van der Waals surface area contributed by atoms with E-state index in [2.05, 4.69) is 10.9 Å². The smallest absolute Gasteiger partial charge is 0.416 e. The minimum absolute atomic E-state index is 0.0530. The summed E-state index contributed by atoms with van der Waals surface area (Å²) in [5.41, 5.74) is 3.47. The van der Waals surface area contributed by atoms with Gasteiger partial charge in [-0.3, -0.25) is 20.4 Å². The van der Waals surface area contributed by atoms with Gasteiger partial charge in [0.2, 0.25) is 0 Å². The molecule has 0 spiro atoms. The lowest BCUT2D eigenvalue weighted by Crippen LogP contribution is -2.43. The summed E-state index contributed by atoms with van der Waals surface area (Å²) in [5, 5.41) is 0. The molecule has 2 amide bonds. The number of nitrogens with one attached hydrogen (secondary N) is 2. The van der Waals surface area contributed by atoms with Crippen molar-refractivity contribution in [3.05, 3.63) is 77.8 Å². The second-order valence-corrected chi connectivity index (χ2v) is 5.99. The Hall–Kier alpha value is -3.82. The number of carbonyl (C=O) groups is 2. The Kier molecular flexibility index (Phi) is 6.05. The van der Waals surface area contributed by atoms with Crippen LogP contribution in [0.2, 0.25) is 0 Å². The van der Waals surface area contributed by atoms with Gasteiger partial charge in [0.1, 0.15) is 17.3 Å². The first-order chi connectivity index (χ1) is 14.2. The monoisotopic (exact) mass is 422 g/mol. The van der Waals surface area contributed by atoms with Gasteiger partial charge in [0.05, 0.1) is 5.56 Å². The number of hydrogen-bond donors (Lipinski definition) is 2. The van der Waals surface area contributed by atoms with Gasteiger partial charge in [0, 0.05) is 5.56 Å². The summed E-state index contributed by atoms with van der Waals surface area (Å²) >= 11 is 0. The number of rotatable bonds is 5. The maximum Gasteiger partial charge on any atom is 0.416 e. The first kappa shape index (κ1) is 20.9. The molecule has 3 rings (SSSR count). The topological polar surface area (TPSA) is 80.6 Å². The van der Waals surface area contributed by atoms with Gasteiger partial charge in [0.15, 0.2) is 12.4 Å². The average Bonchev–Trinajstić information content (AvgIpc) is 3.21. The van der Waals surface area contributed by atoms with Crippen molar-refractivity contribution in [1.82, 2.24) is 10.9 Å². The highest BCUT2D eigenvalue weighted by Gasteiger charge is 2.30. The van der Waals surface area contributed by atoms with Crippen LogP contribution in [0.3, 0.4) is 0 Å². The van der Waals surface area contributed by atoms with Gasteiger partial charge in [-0.15, -0.1) is 0 Å². The van der Waals surface area contributed by atoms with Crippen LogP contribution in [0.15, 0.2) is 65.1 Å². The van der Waals surface area contributed by atoms with Gasteiger partial charge in [-0.05, 0) is 48.5 Å². The molecule has 0 aliphatic rings. The average molecular weight is 422 g/mol. The maximum atomic E-state index is 12.8. The molecule has 0 aliphatic heterocycles. The van der Waals surface area contributed by atoms with Gasteiger partial charge < -0.3 is 9.15 Å². The summed E-state index contributed by atoms with van der Waals surface area (Å²) in [5.74, 6) is -1.88. The molecule has 30 heavy (non-hydrogen) atoms. The molecular formula is C20H14F4N2O4. The third-order valence-electron chi connectivity index (χ3n) is 3.80. The van der Waals surface area contributed by atoms with E-state index in [4.69, 9.17) is 9.15 Å². The van der Waals surface area contributed by atoms with Crippen LogP contribution >= 0.6 is 0 Å². The first-order valence-corrected chi connectivity index (χ1v) is 8.47. The molecule has 0 unspecified atom stereocenters. The Labute approximate surface area is 167 Å². The van der Waals surface area contributed by atoms with Crippen LogP contribution in [0.4, 0.5) is 17.6 Å². The largest absolute Gasteiger partial charge is 0.484 e. The Morgan fingerprint density at radius 3 is 2.40 bits per heavy atom. The van der Waals surface area contributed by atoms with Crippen LogP contribution in [0.1, 0.15) is 16.1 Å². The molecule has 1 heterocycles. The third-order valence-corrected chi connectivity index (χ3v) is 3.80. The zero-order chi connectivity index (χ0) is 21.7. The molecule has 3 aromatic rings. The third kappa shape index (κ3) is 5.37. The molecule has 156 valence electrons. The molecule has 1 aromatic heterocycles. The minimum atomic E-state index is -4.51. The lowest BCUT2D eigenvalue weighted by Gasteiger charge is -2.08. The standard InChI is InChI=1S/C20H14F4N2O4/c21-14-4-6-15(7-5-14)29-11-18(27)25-26-19(28)17-9-8-16(30-17)12-2-1-3-13(10-12)20(22,23)24/h1-10H,11H2,(H,25,27)(H,26,28). The Balaban J connectivity index is 1.55. The molecule has 0 radical (unpaired) electrons. The van der Waals surface area contributed by atoms with E-state index in [1.54, 1.807) is 0 Å². The Morgan fingerprint density at radius 1 is 0.967 bits per heavy atom. The van der Waals surface area contributed by atoms with Crippen LogP contribution in [0, 0.1) is 5.82 Å². The van der Waals surface area contributed by atoms with Gasteiger partial charge in [-0.25, -0.2) is 4.39 Å². The predicted molar refractivity (Wildman–Crippen MR) is 96.6 cm³/mol. The Morgan fingerprint density at radius 2 is 1.70 bits per heavy atom. The summed E-state index contributed by atoms with van der Waals surface area (Å²) in [6.07, 6.45) is -4.51. The van der Waals surface area contributed by atoms with Crippen LogP contribution in [-0.4, -0.2) is 18.4 Å². The van der Waals surface area contributed by atoms with Gasteiger partial charge in [-0.2, -0.15) is 13.2 Å². The molecule has 0 aliphatic carbocycles. The van der Waals surface area contributed by atoms with E-state index in [0.717, 1.165) is 24.3 Å². The number of furan rings is 1. The highest BCUT2D eigenvalue weighted by atomic mass is 19.4. The molecular weight excluding hydrogens is 408 g/mol. The molecule has 0 atom stereocenters. The second-order valence-electron chi connectivity index (χ2n) is 5.99. The van der Waals surface area contributed by atoms with Crippen molar-refractivity contribution in [3.8, 4) is 17.1 Å². The minimum Gasteiger partial charge on any atom is -0.484 e. The highest BCUT2D eigenvalue weighted by molar-refractivity contribution is 5.93. The Bertz CT molecular complexity index is 1050. The summed E-state index contributed by atoms with van der Waals surface area (Å²) in [6.45, 7) is -0.445. The molecule has 2 N–H and O–H groups in total. The highest BCUT2D eigenvalue weighted by Crippen LogP contribution is 2.32. The van der Waals surface area contributed by atoms with E-state index >= 15 is 0 Å². The molecule has 0 saturated heterocycles. The molecule has 2 aromatic carbocycles. The fourth-order valence-electron chi connectivity index (χ4n) is 2.37. The molecule has 0 fully saturated rings. The normalized spacial score (nSPS) is 11.1. The van der Waals surface area contributed by atoms with E-state index in [-0.39, 0.29) is 22.8 Å². The van der Waals surface area contributed by atoms with Crippen molar-refractivity contribution < 1.29 is 36.3 Å². The SMILES string of the molecule is O=C(COc1ccc(F)cc1)NNC(=O)c1ccc(-c2cccc(C(F)(F)F)c2)o1. The number of halogens is 4. The number of benzene rings is 2. The zero-order valence-corrected chi connectivity index (χ0v) is 15.1. The maximum absolute atomic E-state index is 12.8.